The number of nitrogens with one attached hydrogen (secondary N) is 2. The summed E-state index contributed by atoms with van der Waals surface area (Å²) in [5, 5.41) is 14.7. The normalized spacial score (nSPS) is 21.6. The number of benzene rings is 1. The van der Waals surface area contributed by atoms with E-state index < -0.39 is 5.97 Å². The molecule has 2 atom stereocenters. The minimum atomic E-state index is -1.09. The summed E-state index contributed by atoms with van der Waals surface area (Å²) in [6.45, 7) is 2.14. The number of carboxylic acid groups (broad SMARTS) is 1. The fraction of sp³-hybridized carbons (Fsp3) is 0.467. The molecule has 0 saturated heterocycles. The third kappa shape index (κ3) is 4.11. The predicted octanol–water partition coefficient (Wildman–Crippen LogP) is 3.74. The van der Waals surface area contributed by atoms with Crippen molar-refractivity contribution in [1.29, 1.82) is 0 Å². The molecule has 1 fully saturated rings. The van der Waals surface area contributed by atoms with Crippen LogP contribution in [0.15, 0.2) is 18.2 Å². The molecule has 0 radical (unpaired) electrons. The van der Waals surface area contributed by atoms with Gasteiger partial charge in [0.1, 0.15) is 0 Å². The Labute approximate surface area is 128 Å². The van der Waals surface area contributed by atoms with Crippen LogP contribution in [-0.2, 0) is 0 Å². The Kier molecular flexibility index (Phi) is 5.07. The van der Waals surface area contributed by atoms with Crippen LogP contribution in [0.4, 0.5) is 10.5 Å². The number of hydrogen-bond donors (Lipinski definition) is 3. The van der Waals surface area contributed by atoms with Crippen LogP contribution in [-0.4, -0.2) is 23.1 Å². The molecule has 21 heavy (non-hydrogen) atoms. The SMILES string of the molecule is CC1CCCCC1NC(=O)Nc1ccc(C(=O)O)c(Cl)c1. The molecular formula is C15H19ClN2O3. The lowest BCUT2D eigenvalue weighted by Crippen LogP contribution is -2.43. The van der Waals surface area contributed by atoms with Gasteiger partial charge in [-0.05, 0) is 37.0 Å². The largest absolute Gasteiger partial charge is 0.478 e. The van der Waals surface area contributed by atoms with Crippen molar-refractivity contribution >= 4 is 29.3 Å². The lowest BCUT2D eigenvalue weighted by atomic mass is 9.86. The van der Waals surface area contributed by atoms with Gasteiger partial charge < -0.3 is 15.7 Å². The maximum Gasteiger partial charge on any atom is 0.337 e. The molecule has 2 rings (SSSR count). The van der Waals surface area contributed by atoms with Crippen LogP contribution in [0.5, 0.6) is 0 Å². The highest BCUT2D eigenvalue weighted by Crippen LogP contribution is 2.24. The van der Waals surface area contributed by atoms with Crippen LogP contribution in [0.3, 0.4) is 0 Å². The number of amides is 2. The molecule has 0 bridgehead atoms. The summed E-state index contributed by atoms with van der Waals surface area (Å²) in [6.07, 6.45) is 4.47. The molecule has 0 spiro atoms. The molecule has 5 nitrogen and oxygen atoms in total. The van der Waals surface area contributed by atoms with E-state index in [1.54, 1.807) is 0 Å². The topological polar surface area (TPSA) is 78.4 Å². The summed E-state index contributed by atoms with van der Waals surface area (Å²) in [6, 6.07) is 4.25. The number of aromatic carboxylic acids is 1. The number of carbonyl (C=O) groups excluding carboxylic acids is 1. The number of urea groups is 1. The summed E-state index contributed by atoms with van der Waals surface area (Å²) in [7, 11) is 0. The average molecular weight is 311 g/mol. The smallest absolute Gasteiger partial charge is 0.337 e. The number of halogens is 1. The van der Waals surface area contributed by atoms with E-state index in [0.29, 0.717) is 11.6 Å². The van der Waals surface area contributed by atoms with Crippen molar-refractivity contribution in [2.45, 2.75) is 38.6 Å². The summed E-state index contributed by atoms with van der Waals surface area (Å²) in [4.78, 5) is 22.8. The Hall–Kier alpha value is -1.75. The van der Waals surface area contributed by atoms with Crippen LogP contribution in [0.25, 0.3) is 0 Å². The third-order valence-corrected chi connectivity index (χ3v) is 4.20. The van der Waals surface area contributed by atoms with Gasteiger partial charge in [0.2, 0.25) is 0 Å². The zero-order valence-electron chi connectivity index (χ0n) is 11.9. The summed E-state index contributed by atoms with van der Waals surface area (Å²) >= 11 is 5.87. The number of carbonyl (C=O) groups is 2. The van der Waals surface area contributed by atoms with Gasteiger partial charge in [0.15, 0.2) is 0 Å². The van der Waals surface area contributed by atoms with Crippen molar-refractivity contribution < 1.29 is 14.7 Å². The molecule has 2 amide bonds. The van der Waals surface area contributed by atoms with Crippen molar-refractivity contribution in [2.24, 2.45) is 5.92 Å². The molecule has 2 unspecified atom stereocenters. The molecule has 0 heterocycles. The van der Waals surface area contributed by atoms with E-state index >= 15 is 0 Å². The van der Waals surface area contributed by atoms with Crippen LogP contribution in [0.1, 0.15) is 43.0 Å². The van der Waals surface area contributed by atoms with E-state index in [0.717, 1.165) is 19.3 Å². The molecule has 1 aliphatic carbocycles. The van der Waals surface area contributed by atoms with E-state index in [1.165, 1.54) is 24.6 Å². The minimum absolute atomic E-state index is 0.0172. The molecular weight excluding hydrogens is 292 g/mol. The highest BCUT2D eigenvalue weighted by molar-refractivity contribution is 6.33. The van der Waals surface area contributed by atoms with Crippen molar-refractivity contribution in [3.8, 4) is 0 Å². The van der Waals surface area contributed by atoms with E-state index in [4.69, 9.17) is 16.7 Å². The number of rotatable bonds is 3. The molecule has 1 aliphatic rings. The van der Waals surface area contributed by atoms with Crippen LogP contribution < -0.4 is 10.6 Å². The third-order valence-electron chi connectivity index (χ3n) is 3.89. The Morgan fingerprint density at radius 1 is 1.29 bits per heavy atom. The highest BCUT2D eigenvalue weighted by atomic mass is 35.5. The zero-order valence-corrected chi connectivity index (χ0v) is 12.6. The second-order valence-corrected chi connectivity index (χ2v) is 5.87. The summed E-state index contributed by atoms with van der Waals surface area (Å²) < 4.78 is 0. The summed E-state index contributed by atoms with van der Waals surface area (Å²) in [5.41, 5.74) is 0.495. The molecule has 1 saturated carbocycles. The zero-order chi connectivity index (χ0) is 15.4. The first-order chi connectivity index (χ1) is 9.97. The number of anilines is 1. The molecule has 0 aromatic heterocycles. The Balaban J connectivity index is 1.96. The Morgan fingerprint density at radius 3 is 2.62 bits per heavy atom. The van der Waals surface area contributed by atoms with Crippen molar-refractivity contribution in [3.05, 3.63) is 28.8 Å². The van der Waals surface area contributed by atoms with Gasteiger partial charge in [0.25, 0.3) is 0 Å². The first-order valence-electron chi connectivity index (χ1n) is 7.07. The van der Waals surface area contributed by atoms with E-state index in [1.807, 2.05) is 0 Å². The van der Waals surface area contributed by atoms with Gasteiger partial charge in [-0.1, -0.05) is 31.4 Å². The second-order valence-electron chi connectivity index (χ2n) is 5.47. The molecule has 1 aromatic carbocycles. The van der Waals surface area contributed by atoms with Crippen molar-refractivity contribution in [3.63, 3.8) is 0 Å². The van der Waals surface area contributed by atoms with Crippen LogP contribution in [0.2, 0.25) is 5.02 Å². The monoisotopic (exact) mass is 310 g/mol. The average Bonchev–Trinajstić information content (AvgIpc) is 2.41. The lowest BCUT2D eigenvalue weighted by molar-refractivity contribution is 0.0697. The molecule has 114 valence electrons. The van der Waals surface area contributed by atoms with Crippen LogP contribution in [0, 0.1) is 5.92 Å². The molecule has 6 heteroatoms. The van der Waals surface area contributed by atoms with Gasteiger partial charge in [-0.25, -0.2) is 9.59 Å². The van der Waals surface area contributed by atoms with Gasteiger partial charge in [-0.3, -0.25) is 0 Å². The van der Waals surface area contributed by atoms with Gasteiger partial charge in [0, 0.05) is 11.7 Å². The minimum Gasteiger partial charge on any atom is -0.478 e. The quantitative estimate of drug-likeness (QED) is 0.795. The molecule has 1 aromatic rings. The maximum absolute atomic E-state index is 12.0. The van der Waals surface area contributed by atoms with E-state index in [9.17, 15) is 9.59 Å². The van der Waals surface area contributed by atoms with Crippen molar-refractivity contribution in [1.82, 2.24) is 5.32 Å². The predicted molar refractivity (Wildman–Crippen MR) is 82.0 cm³/mol. The molecule has 3 N–H and O–H groups in total. The maximum atomic E-state index is 12.0. The lowest BCUT2D eigenvalue weighted by Gasteiger charge is -2.29. The highest BCUT2D eigenvalue weighted by Gasteiger charge is 2.22. The van der Waals surface area contributed by atoms with E-state index in [2.05, 4.69) is 17.6 Å². The first-order valence-corrected chi connectivity index (χ1v) is 7.45. The standard InChI is InChI=1S/C15H19ClN2O3/c1-9-4-2-3-5-13(9)18-15(21)17-10-6-7-11(14(19)20)12(16)8-10/h6-9,13H,2-5H2,1H3,(H,19,20)(H2,17,18,21). The number of hydrogen-bond acceptors (Lipinski definition) is 2. The van der Waals surface area contributed by atoms with Crippen LogP contribution >= 0.6 is 11.6 Å². The first kappa shape index (κ1) is 15.6. The van der Waals surface area contributed by atoms with Crippen molar-refractivity contribution in [2.75, 3.05) is 5.32 Å². The fourth-order valence-corrected chi connectivity index (χ4v) is 2.89. The van der Waals surface area contributed by atoms with Gasteiger partial charge in [-0.15, -0.1) is 0 Å². The van der Waals surface area contributed by atoms with Gasteiger partial charge >= 0.3 is 12.0 Å². The van der Waals surface area contributed by atoms with Gasteiger partial charge in [0.05, 0.1) is 10.6 Å². The fourth-order valence-electron chi connectivity index (χ4n) is 2.63. The number of carboxylic acids is 1. The summed E-state index contributed by atoms with van der Waals surface area (Å²) in [5.74, 6) is -0.616. The Morgan fingerprint density at radius 2 is 2.00 bits per heavy atom. The Bertz CT molecular complexity index is 548. The van der Waals surface area contributed by atoms with E-state index in [-0.39, 0.29) is 22.7 Å². The second kappa shape index (κ2) is 6.80. The molecule has 0 aliphatic heterocycles. The van der Waals surface area contributed by atoms with Gasteiger partial charge in [-0.2, -0.15) is 0 Å².